The van der Waals surface area contributed by atoms with E-state index in [0.717, 1.165) is 50.9 Å². The number of tetrazole rings is 1. The molecule has 7 nitrogen and oxygen atoms in total. The third kappa shape index (κ3) is 3.70. The minimum absolute atomic E-state index is 0.659. The van der Waals surface area contributed by atoms with Gasteiger partial charge in [0.25, 0.3) is 0 Å². The van der Waals surface area contributed by atoms with Gasteiger partial charge in [-0.1, -0.05) is 67.2 Å². The Hall–Kier alpha value is -3.52. The molecule has 0 saturated carbocycles. The molecule has 0 spiro atoms. The van der Waals surface area contributed by atoms with Crippen LogP contribution >= 0.6 is 11.8 Å². The predicted molar refractivity (Wildman–Crippen MR) is 123 cm³/mol. The van der Waals surface area contributed by atoms with Crippen molar-refractivity contribution in [1.29, 1.82) is 0 Å². The predicted octanol–water partition coefficient (Wildman–Crippen LogP) is 4.75. The van der Waals surface area contributed by atoms with Gasteiger partial charge in [-0.05, 0) is 51.4 Å². The van der Waals surface area contributed by atoms with Gasteiger partial charge in [-0.2, -0.15) is 0 Å². The first-order valence-corrected chi connectivity index (χ1v) is 11.1. The molecule has 0 bridgehead atoms. The van der Waals surface area contributed by atoms with Crippen LogP contribution in [0.4, 0.5) is 0 Å². The van der Waals surface area contributed by atoms with Crippen LogP contribution in [0, 0.1) is 6.92 Å². The number of fused-ring (bicyclic) bond motifs is 1. The van der Waals surface area contributed by atoms with Gasteiger partial charge in [0.15, 0.2) is 16.6 Å². The normalized spacial score (nSPS) is 11.3. The van der Waals surface area contributed by atoms with E-state index in [-0.39, 0.29) is 0 Å². The lowest BCUT2D eigenvalue weighted by atomic mass is 9.98. The molecule has 5 aromatic rings. The number of hydrogen-bond donors (Lipinski definition) is 1. The Labute approximate surface area is 183 Å². The summed E-state index contributed by atoms with van der Waals surface area (Å²) < 4.78 is 2.21. The molecule has 0 saturated heterocycles. The van der Waals surface area contributed by atoms with E-state index in [1.165, 1.54) is 5.56 Å². The number of nitrogens with one attached hydrogen (secondary N) is 1. The van der Waals surface area contributed by atoms with Crippen molar-refractivity contribution in [3.05, 3.63) is 71.9 Å². The Morgan fingerprint density at radius 3 is 2.55 bits per heavy atom. The maximum atomic E-state index is 4.84. The molecule has 3 heterocycles. The van der Waals surface area contributed by atoms with Crippen LogP contribution in [-0.2, 0) is 6.54 Å². The lowest BCUT2D eigenvalue weighted by molar-refractivity contribution is 0.724. The number of benzene rings is 2. The number of thioether (sulfide) groups is 1. The third-order valence-electron chi connectivity index (χ3n) is 5.21. The van der Waals surface area contributed by atoms with Gasteiger partial charge in [-0.3, -0.25) is 4.57 Å². The van der Waals surface area contributed by atoms with Crippen molar-refractivity contribution in [2.24, 2.45) is 0 Å². The topological polar surface area (TPSA) is 85.2 Å². The summed E-state index contributed by atoms with van der Waals surface area (Å²) in [6.07, 6.45) is 1.86. The zero-order valence-electron chi connectivity index (χ0n) is 17.3. The highest BCUT2D eigenvalue weighted by molar-refractivity contribution is 7.99. The highest BCUT2D eigenvalue weighted by Gasteiger charge is 2.14. The van der Waals surface area contributed by atoms with Crippen LogP contribution in [0.25, 0.3) is 33.7 Å². The van der Waals surface area contributed by atoms with Crippen molar-refractivity contribution < 1.29 is 0 Å². The van der Waals surface area contributed by atoms with E-state index < -0.39 is 0 Å². The second-order valence-electron chi connectivity index (χ2n) is 7.21. The fourth-order valence-electron chi connectivity index (χ4n) is 3.69. The molecule has 0 aliphatic rings. The number of aromatic amines is 1. The van der Waals surface area contributed by atoms with Crippen molar-refractivity contribution in [2.75, 3.05) is 5.75 Å². The van der Waals surface area contributed by atoms with Gasteiger partial charge >= 0.3 is 0 Å². The number of rotatable bonds is 6. The standard InChI is InChI=1S/C23H21N7S/c1-3-31-23-25-20-15(2)12-13-24-22(20)30(23)14-16-8-10-17(11-9-16)18-6-4-5-7-19(18)21-26-28-29-27-21/h4-13H,3,14H2,1-2H3,(H,26,27,28,29). The summed E-state index contributed by atoms with van der Waals surface area (Å²) in [6.45, 7) is 4.95. The minimum Gasteiger partial charge on any atom is -0.299 e. The molecule has 2 aromatic carbocycles. The highest BCUT2D eigenvalue weighted by Crippen LogP contribution is 2.30. The second-order valence-corrected chi connectivity index (χ2v) is 8.44. The fraction of sp³-hybridized carbons (Fsp3) is 0.174. The monoisotopic (exact) mass is 427 g/mol. The summed E-state index contributed by atoms with van der Waals surface area (Å²) in [5, 5.41) is 15.3. The van der Waals surface area contributed by atoms with Crippen LogP contribution in [0.2, 0.25) is 0 Å². The summed E-state index contributed by atoms with van der Waals surface area (Å²) in [5.41, 5.74) is 7.43. The van der Waals surface area contributed by atoms with Crippen molar-refractivity contribution in [1.82, 2.24) is 35.2 Å². The highest BCUT2D eigenvalue weighted by atomic mass is 32.2. The van der Waals surface area contributed by atoms with Crippen LogP contribution in [-0.4, -0.2) is 40.9 Å². The minimum atomic E-state index is 0.659. The zero-order valence-corrected chi connectivity index (χ0v) is 18.1. The van der Waals surface area contributed by atoms with Crippen molar-refractivity contribution in [2.45, 2.75) is 25.5 Å². The van der Waals surface area contributed by atoms with E-state index in [9.17, 15) is 0 Å². The fourth-order valence-corrected chi connectivity index (χ4v) is 4.41. The molecule has 0 fully saturated rings. The Morgan fingerprint density at radius 2 is 1.81 bits per heavy atom. The van der Waals surface area contributed by atoms with Gasteiger partial charge in [-0.15, -0.1) is 5.10 Å². The van der Waals surface area contributed by atoms with Crippen LogP contribution < -0.4 is 0 Å². The summed E-state index contributed by atoms with van der Waals surface area (Å²) >= 11 is 1.75. The molecule has 154 valence electrons. The molecule has 0 amide bonds. The Balaban J connectivity index is 1.49. The molecule has 0 atom stereocenters. The molecule has 31 heavy (non-hydrogen) atoms. The van der Waals surface area contributed by atoms with Gasteiger partial charge in [0.2, 0.25) is 0 Å². The number of hydrogen-bond acceptors (Lipinski definition) is 6. The number of pyridine rings is 1. The maximum absolute atomic E-state index is 4.84. The van der Waals surface area contributed by atoms with E-state index in [1.54, 1.807) is 11.8 Å². The van der Waals surface area contributed by atoms with Crippen LogP contribution in [0.3, 0.4) is 0 Å². The van der Waals surface area contributed by atoms with E-state index in [1.807, 2.05) is 30.5 Å². The summed E-state index contributed by atoms with van der Waals surface area (Å²) in [6, 6.07) is 18.7. The lowest BCUT2D eigenvalue weighted by Gasteiger charge is -2.10. The zero-order chi connectivity index (χ0) is 21.2. The van der Waals surface area contributed by atoms with Crippen LogP contribution in [0.5, 0.6) is 0 Å². The molecule has 3 aromatic heterocycles. The quantitative estimate of drug-likeness (QED) is 0.394. The van der Waals surface area contributed by atoms with E-state index in [0.29, 0.717) is 5.82 Å². The molecule has 0 radical (unpaired) electrons. The average Bonchev–Trinajstić information content (AvgIpc) is 3.45. The summed E-state index contributed by atoms with van der Waals surface area (Å²) in [4.78, 5) is 9.46. The molecule has 0 unspecified atom stereocenters. The number of nitrogens with zero attached hydrogens (tertiary/aromatic N) is 6. The molecule has 8 heteroatoms. The van der Waals surface area contributed by atoms with E-state index in [2.05, 4.69) is 74.4 Å². The SMILES string of the molecule is CCSc1nc2c(C)ccnc2n1Cc1ccc(-c2ccccc2-c2nnn[nH]2)cc1. The maximum Gasteiger partial charge on any atom is 0.180 e. The third-order valence-corrected chi connectivity index (χ3v) is 6.07. The number of imidazole rings is 1. The largest absolute Gasteiger partial charge is 0.299 e. The average molecular weight is 428 g/mol. The first-order chi connectivity index (χ1) is 15.2. The lowest BCUT2D eigenvalue weighted by Crippen LogP contribution is -2.02. The van der Waals surface area contributed by atoms with Gasteiger partial charge in [0.1, 0.15) is 5.52 Å². The molecular formula is C23H21N7S. The van der Waals surface area contributed by atoms with Crippen LogP contribution in [0.1, 0.15) is 18.1 Å². The molecule has 1 N–H and O–H groups in total. The van der Waals surface area contributed by atoms with Crippen molar-refractivity contribution >= 4 is 22.9 Å². The number of aromatic nitrogens is 7. The number of H-pyrrole nitrogens is 1. The molecule has 0 aliphatic carbocycles. The van der Waals surface area contributed by atoms with Crippen molar-refractivity contribution in [3.8, 4) is 22.5 Å². The first-order valence-electron chi connectivity index (χ1n) is 10.1. The van der Waals surface area contributed by atoms with E-state index in [4.69, 9.17) is 4.98 Å². The Kier molecular flexibility index (Phi) is 5.21. The second kappa shape index (κ2) is 8.31. The van der Waals surface area contributed by atoms with Crippen LogP contribution in [0.15, 0.2) is 66.0 Å². The van der Waals surface area contributed by atoms with Gasteiger partial charge in [0.05, 0.1) is 6.54 Å². The van der Waals surface area contributed by atoms with E-state index >= 15 is 0 Å². The van der Waals surface area contributed by atoms with Gasteiger partial charge in [0, 0.05) is 11.8 Å². The smallest absolute Gasteiger partial charge is 0.180 e. The van der Waals surface area contributed by atoms with Gasteiger partial charge < -0.3 is 0 Å². The summed E-state index contributed by atoms with van der Waals surface area (Å²) in [5.74, 6) is 1.63. The van der Waals surface area contributed by atoms with Crippen molar-refractivity contribution in [3.63, 3.8) is 0 Å². The molecular weight excluding hydrogens is 406 g/mol. The molecule has 5 rings (SSSR count). The Morgan fingerprint density at radius 1 is 1.00 bits per heavy atom. The number of aryl methyl sites for hydroxylation is 1. The Bertz CT molecular complexity index is 1320. The first kappa shape index (κ1) is 19.4. The summed E-state index contributed by atoms with van der Waals surface area (Å²) in [7, 11) is 0. The van der Waals surface area contributed by atoms with Gasteiger partial charge in [-0.25, -0.2) is 15.1 Å². The molecule has 0 aliphatic heterocycles.